The Morgan fingerprint density at radius 3 is 2.61 bits per heavy atom. The maximum atomic E-state index is 12.5. The summed E-state index contributed by atoms with van der Waals surface area (Å²) in [6, 6.07) is 3.82. The smallest absolute Gasteiger partial charge is 0.169 e. The van der Waals surface area contributed by atoms with Gasteiger partial charge in [0, 0.05) is 25.9 Å². The van der Waals surface area contributed by atoms with Gasteiger partial charge in [0.15, 0.2) is 5.78 Å². The quantitative estimate of drug-likeness (QED) is 0.768. The van der Waals surface area contributed by atoms with E-state index in [1.54, 1.807) is 19.5 Å². The van der Waals surface area contributed by atoms with Crippen molar-refractivity contribution in [2.75, 3.05) is 7.11 Å². The Bertz CT molecular complexity index is 381. The second-order valence-electron chi connectivity index (χ2n) is 5.07. The largest absolute Gasteiger partial charge is 0.370 e. The van der Waals surface area contributed by atoms with Gasteiger partial charge in [0.25, 0.3) is 0 Å². The Balaban J connectivity index is 2.09. The number of aromatic nitrogens is 1. The number of carbonyl (C=O) groups excluding carboxylic acids is 1. The number of ether oxygens (including phenoxy) is 1. The molecule has 3 heteroatoms. The summed E-state index contributed by atoms with van der Waals surface area (Å²) in [5.74, 6) is 0.208. The molecule has 0 bridgehead atoms. The molecule has 0 unspecified atom stereocenters. The molecule has 1 aliphatic carbocycles. The molecule has 0 atom stereocenters. The van der Waals surface area contributed by atoms with E-state index >= 15 is 0 Å². The van der Waals surface area contributed by atoms with Crippen LogP contribution in [0.2, 0.25) is 0 Å². The topological polar surface area (TPSA) is 39.2 Å². The van der Waals surface area contributed by atoms with Crippen LogP contribution in [0.25, 0.3) is 0 Å². The molecule has 18 heavy (non-hydrogen) atoms. The van der Waals surface area contributed by atoms with Gasteiger partial charge >= 0.3 is 0 Å². The molecular weight excluding hydrogens is 226 g/mol. The second-order valence-corrected chi connectivity index (χ2v) is 5.07. The van der Waals surface area contributed by atoms with E-state index in [0.717, 1.165) is 31.2 Å². The van der Waals surface area contributed by atoms with Gasteiger partial charge in [-0.1, -0.05) is 31.7 Å². The van der Waals surface area contributed by atoms with Crippen LogP contribution in [0.4, 0.5) is 0 Å². The number of pyridine rings is 1. The summed E-state index contributed by atoms with van der Waals surface area (Å²) in [4.78, 5) is 16.6. The number of Topliss-reactive ketones (excluding diaryl/α,β-unsaturated/α-hetero) is 1. The summed E-state index contributed by atoms with van der Waals surface area (Å²) < 4.78 is 5.62. The Kier molecular flexibility index (Phi) is 4.48. The molecule has 1 aromatic heterocycles. The van der Waals surface area contributed by atoms with Crippen molar-refractivity contribution in [2.24, 2.45) is 0 Å². The normalized spacial score (nSPS) is 19.2. The van der Waals surface area contributed by atoms with Crippen molar-refractivity contribution in [1.82, 2.24) is 4.98 Å². The van der Waals surface area contributed by atoms with Gasteiger partial charge in [-0.3, -0.25) is 9.78 Å². The first-order chi connectivity index (χ1) is 8.77. The highest BCUT2D eigenvalue weighted by Gasteiger charge is 2.37. The van der Waals surface area contributed by atoms with E-state index in [2.05, 4.69) is 4.98 Å². The predicted molar refractivity (Wildman–Crippen MR) is 70.4 cm³/mol. The zero-order valence-corrected chi connectivity index (χ0v) is 11.0. The van der Waals surface area contributed by atoms with Gasteiger partial charge in [0.2, 0.25) is 0 Å². The van der Waals surface area contributed by atoms with E-state index in [0.29, 0.717) is 6.42 Å². The third-order valence-corrected chi connectivity index (χ3v) is 3.90. The summed E-state index contributed by atoms with van der Waals surface area (Å²) in [6.07, 6.45) is 10.3. The van der Waals surface area contributed by atoms with Crippen LogP contribution in [0, 0.1) is 0 Å². The van der Waals surface area contributed by atoms with Crippen molar-refractivity contribution in [3.63, 3.8) is 0 Å². The molecule has 0 spiro atoms. The van der Waals surface area contributed by atoms with Crippen molar-refractivity contribution >= 4 is 5.78 Å². The van der Waals surface area contributed by atoms with Crippen LogP contribution in [0.3, 0.4) is 0 Å². The summed E-state index contributed by atoms with van der Waals surface area (Å²) in [6.45, 7) is 0. The highest BCUT2D eigenvalue weighted by atomic mass is 16.5. The summed E-state index contributed by atoms with van der Waals surface area (Å²) in [7, 11) is 1.67. The van der Waals surface area contributed by atoms with Gasteiger partial charge in [0.05, 0.1) is 0 Å². The molecule has 1 heterocycles. The Morgan fingerprint density at radius 2 is 2.06 bits per heavy atom. The van der Waals surface area contributed by atoms with Crippen LogP contribution in [0.5, 0.6) is 0 Å². The van der Waals surface area contributed by atoms with E-state index < -0.39 is 5.60 Å². The lowest BCUT2D eigenvalue weighted by atomic mass is 9.86. The van der Waals surface area contributed by atoms with E-state index in [-0.39, 0.29) is 5.78 Å². The van der Waals surface area contributed by atoms with Crippen LogP contribution < -0.4 is 0 Å². The molecule has 0 saturated heterocycles. The third-order valence-electron chi connectivity index (χ3n) is 3.90. The molecule has 1 saturated carbocycles. The van der Waals surface area contributed by atoms with Gasteiger partial charge in [-0.15, -0.1) is 0 Å². The van der Waals surface area contributed by atoms with Crippen molar-refractivity contribution in [1.29, 1.82) is 0 Å². The van der Waals surface area contributed by atoms with Gasteiger partial charge in [-0.05, 0) is 24.5 Å². The van der Waals surface area contributed by atoms with Gasteiger partial charge in [-0.2, -0.15) is 0 Å². The van der Waals surface area contributed by atoms with Crippen LogP contribution >= 0.6 is 0 Å². The SMILES string of the molecule is COC1(C(=O)Cc2cccnc2)CCCCCC1. The molecule has 0 aliphatic heterocycles. The number of methoxy groups -OCH3 is 1. The highest BCUT2D eigenvalue weighted by molar-refractivity contribution is 5.89. The summed E-state index contributed by atoms with van der Waals surface area (Å²) >= 11 is 0. The molecule has 1 fully saturated rings. The molecule has 0 radical (unpaired) electrons. The Hall–Kier alpha value is -1.22. The number of hydrogen-bond acceptors (Lipinski definition) is 3. The molecule has 0 aromatic carbocycles. The van der Waals surface area contributed by atoms with Crippen molar-refractivity contribution in [3.05, 3.63) is 30.1 Å². The maximum Gasteiger partial charge on any atom is 0.169 e. The minimum absolute atomic E-state index is 0.208. The predicted octanol–water partition coefficient (Wildman–Crippen LogP) is 2.93. The fourth-order valence-electron chi connectivity index (χ4n) is 2.75. The van der Waals surface area contributed by atoms with Gasteiger partial charge in [-0.25, -0.2) is 0 Å². The third kappa shape index (κ3) is 2.96. The molecule has 0 amide bonds. The Labute approximate surface area is 109 Å². The molecular formula is C15H21NO2. The van der Waals surface area contributed by atoms with Crippen LogP contribution in [0.15, 0.2) is 24.5 Å². The second kappa shape index (κ2) is 6.10. The molecule has 1 aromatic rings. The van der Waals surface area contributed by atoms with Crippen LogP contribution in [0.1, 0.15) is 44.1 Å². The van der Waals surface area contributed by atoms with E-state index in [1.165, 1.54) is 12.8 Å². The zero-order valence-electron chi connectivity index (χ0n) is 11.0. The first-order valence-corrected chi connectivity index (χ1v) is 6.74. The minimum Gasteiger partial charge on any atom is -0.370 e. The minimum atomic E-state index is -0.549. The lowest BCUT2D eigenvalue weighted by Gasteiger charge is -2.29. The standard InChI is InChI=1S/C15H21NO2/c1-18-15(8-4-2-3-5-9-15)14(17)11-13-7-6-10-16-12-13/h6-7,10,12H,2-5,8-9,11H2,1H3. The molecule has 2 rings (SSSR count). The van der Waals surface area contributed by atoms with E-state index in [1.807, 2.05) is 12.1 Å². The molecule has 1 aliphatic rings. The molecule has 3 nitrogen and oxygen atoms in total. The lowest BCUT2D eigenvalue weighted by Crippen LogP contribution is -2.41. The van der Waals surface area contributed by atoms with Crippen LogP contribution in [-0.4, -0.2) is 23.5 Å². The monoisotopic (exact) mass is 247 g/mol. The Morgan fingerprint density at radius 1 is 1.33 bits per heavy atom. The lowest BCUT2D eigenvalue weighted by molar-refractivity contribution is -0.142. The number of nitrogens with zero attached hydrogens (tertiary/aromatic N) is 1. The number of hydrogen-bond donors (Lipinski definition) is 0. The van der Waals surface area contributed by atoms with Gasteiger partial charge < -0.3 is 4.74 Å². The molecule has 0 N–H and O–H groups in total. The van der Waals surface area contributed by atoms with E-state index in [9.17, 15) is 4.79 Å². The first-order valence-electron chi connectivity index (χ1n) is 6.74. The highest BCUT2D eigenvalue weighted by Crippen LogP contribution is 2.31. The van der Waals surface area contributed by atoms with Crippen molar-refractivity contribution in [2.45, 2.75) is 50.5 Å². The van der Waals surface area contributed by atoms with Crippen LogP contribution in [-0.2, 0) is 16.0 Å². The van der Waals surface area contributed by atoms with E-state index in [4.69, 9.17) is 4.74 Å². The fraction of sp³-hybridized carbons (Fsp3) is 0.600. The number of carbonyl (C=O) groups is 1. The number of ketones is 1. The average Bonchev–Trinajstić information content (AvgIpc) is 2.66. The van der Waals surface area contributed by atoms with Crippen molar-refractivity contribution in [3.8, 4) is 0 Å². The first kappa shape index (κ1) is 13.2. The van der Waals surface area contributed by atoms with Gasteiger partial charge in [0.1, 0.15) is 5.60 Å². The number of rotatable bonds is 4. The summed E-state index contributed by atoms with van der Waals surface area (Å²) in [5, 5.41) is 0. The molecule has 98 valence electrons. The summed E-state index contributed by atoms with van der Waals surface area (Å²) in [5.41, 5.74) is 0.426. The maximum absolute atomic E-state index is 12.5. The fourth-order valence-corrected chi connectivity index (χ4v) is 2.75. The zero-order chi connectivity index (χ0) is 12.8. The van der Waals surface area contributed by atoms with Crippen molar-refractivity contribution < 1.29 is 9.53 Å². The average molecular weight is 247 g/mol.